The van der Waals surface area contributed by atoms with Gasteiger partial charge < -0.3 is 9.84 Å². The molecule has 0 aliphatic rings. The van der Waals surface area contributed by atoms with E-state index in [-0.39, 0.29) is 12.4 Å². The van der Waals surface area contributed by atoms with Crippen LogP contribution in [0.25, 0.3) is 0 Å². The molecule has 18 heavy (non-hydrogen) atoms. The van der Waals surface area contributed by atoms with Crippen LogP contribution in [0.2, 0.25) is 5.02 Å². The van der Waals surface area contributed by atoms with Gasteiger partial charge in [0.2, 0.25) is 0 Å². The van der Waals surface area contributed by atoms with E-state index >= 15 is 0 Å². The predicted octanol–water partition coefficient (Wildman–Crippen LogP) is 3.16. The van der Waals surface area contributed by atoms with Crippen molar-refractivity contribution in [2.75, 3.05) is 13.2 Å². The molecule has 0 aromatic heterocycles. The van der Waals surface area contributed by atoms with E-state index in [1.807, 2.05) is 32.0 Å². The highest BCUT2D eigenvalue weighted by Crippen LogP contribution is 2.27. The summed E-state index contributed by atoms with van der Waals surface area (Å²) in [6, 6.07) is 5.66. The smallest absolute Gasteiger partial charge is 0.140 e. The Labute approximate surface area is 120 Å². The summed E-state index contributed by atoms with van der Waals surface area (Å²) in [7, 11) is 0. The van der Waals surface area contributed by atoms with Crippen molar-refractivity contribution in [3.63, 3.8) is 0 Å². The minimum absolute atomic E-state index is 0. The van der Waals surface area contributed by atoms with Gasteiger partial charge >= 0.3 is 0 Å². The lowest BCUT2D eigenvalue weighted by Gasteiger charge is -2.14. The zero-order valence-corrected chi connectivity index (χ0v) is 12.4. The maximum absolute atomic E-state index is 9.46. The zero-order chi connectivity index (χ0) is 12.7. The van der Waals surface area contributed by atoms with Crippen LogP contribution in [-0.4, -0.2) is 24.5 Å². The van der Waals surface area contributed by atoms with Crippen LogP contribution >= 0.6 is 24.0 Å². The van der Waals surface area contributed by atoms with Crippen molar-refractivity contribution in [1.29, 1.82) is 0 Å². The Balaban J connectivity index is 0.00000289. The maximum atomic E-state index is 9.46. The van der Waals surface area contributed by atoms with Crippen LogP contribution in [0.3, 0.4) is 0 Å². The first kappa shape index (κ1) is 17.5. The van der Waals surface area contributed by atoms with E-state index in [9.17, 15) is 5.11 Å². The summed E-state index contributed by atoms with van der Waals surface area (Å²) in [4.78, 5) is 0. The van der Waals surface area contributed by atoms with Crippen LogP contribution in [0.4, 0.5) is 0 Å². The monoisotopic (exact) mass is 293 g/mol. The Bertz CT molecular complexity index is 328. The molecule has 0 fully saturated rings. The van der Waals surface area contributed by atoms with E-state index in [1.165, 1.54) is 0 Å². The van der Waals surface area contributed by atoms with E-state index in [0.717, 1.165) is 24.2 Å². The molecule has 0 saturated carbocycles. The van der Waals surface area contributed by atoms with Crippen LogP contribution in [0.5, 0.6) is 5.75 Å². The van der Waals surface area contributed by atoms with Crippen LogP contribution < -0.4 is 10.1 Å². The molecule has 3 nitrogen and oxygen atoms in total. The van der Waals surface area contributed by atoms with Crippen LogP contribution in [0.1, 0.15) is 25.3 Å². The molecule has 0 aliphatic carbocycles. The molecule has 104 valence electrons. The first-order chi connectivity index (χ1) is 8.15. The molecule has 5 heteroatoms. The van der Waals surface area contributed by atoms with E-state index < -0.39 is 6.23 Å². The first-order valence-electron chi connectivity index (χ1n) is 5.94. The van der Waals surface area contributed by atoms with Crippen molar-refractivity contribution in [3.8, 4) is 5.75 Å². The SMILES string of the molecule is CCCC(O)NCCOc1c(C)cccc1Cl.Cl. The van der Waals surface area contributed by atoms with Gasteiger partial charge in [-0.2, -0.15) is 0 Å². The van der Waals surface area contributed by atoms with Gasteiger partial charge in [-0.1, -0.05) is 37.1 Å². The molecule has 1 aromatic carbocycles. The average molecular weight is 294 g/mol. The second kappa shape index (κ2) is 9.45. The topological polar surface area (TPSA) is 41.5 Å². The highest BCUT2D eigenvalue weighted by Gasteiger charge is 2.05. The number of aliphatic hydroxyl groups excluding tert-OH is 1. The largest absolute Gasteiger partial charge is 0.490 e. The predicted molar refractivity (Wildman–Crippen MR) is 77.8 cm³/mol. The van der Waals surface area contributed by atoms with Gasteiger partial charge in [0.15, 0.2) is 0 Å². The van der Waals surface area contributed by atoms with Crippen LogP contribution in [0.15, 0.2) is 18.2 Å². The Morgan fingerprint density at radius 1 is 1.44 bits per heavy atom. The lowest BCUT2D eigenvalue weighted by molar-refractivity contribution is 0.120. The first-order valence-corrected chi connectivity index (χ1v) is 6.32. The number of hydrogen-bond acceptors (Lipinski definition) is 3. The number of hydrogen-bond donors (Lipinski definition) is 2. The summed E-state index contributed by atoms with van der Waals surface area (Å²) in [6.45, 7) is 5.09. The van der Waals surface area contributed by atoms with Crippen LogP contribution in [0, 0.1) is 6.92 Å². The minimum atomic E-state index is -0.448. The Morgan fingerprint density at radius 3 is 2.78 bits per heavy atom. The molecule has 1 rings (SSSR count). The molecule has 2 N–H and O–H groups in total. The van der Waals surface area contributed by atoms with Gasteiger partial charge in [0.1, 0.15) is 18.6 Å². The summed E-state index contributed by atoms with van der Waals surface area (Å²) in [5, 5.41) is 13.1. The summed E-state index contributed by atoms with van der Waals surface area (Å²) in [5.41, 5.74) is 1.02. The van der Waals surface area contributed by atoms with Crippen molar-refractivity contribution in [2.45, 2.75) is 32.9 Å². The molecule has 0 aliphatic heterocycles. The van der Waals surface area contributed by atoms with Crippen molar-refractivity contribution < 1.29 is 9.84 Å². The molecule has 1 atom stereocenters. The molecular weight excluding hydrogens is 273 g/mol. The van der Waals surface area contributed by atoms with Crippen molar-refractivity contribution in [1.82, 2.24) is 5.32 Å². The van der Waals surface area contributed by atoms with Crippen molar-refractivity contribution in [2.24, 2.45) is 0 Å². The number of aliphatic hydroxyl groups is 1. The number of para-hydroxylation sites is 1. The number of ether oxygens (including phenoxy) is 1. The Kier molecular flexibility index (Phi) is 9.20. The third kappa shape index (κ3) is 5.91. The Morgan fingerprint density at radius 2 is 2.17 bits per heavy atom. The minimum Gasteiger partial charge on any atom is -0.490 e. The molecule has 1 aromatic rings. The lowest BCUT2D eigenvalue weighted by atomic mass is 10.2. The molecule has 0 radical (unpaired) electrons. The van der Waals surface area contributed by atoms with Crippen LogP contribution in [-0.2, 0) is 0 Å². The number of rotatable bonds is 7. The molecular formula is C13H21Cl2NO2. The van der Waals surface area contributed by atoms with Crippen molar-refractivity contribution >= 4 is 24.0 Å². The maximum Gasteiger partial charge on any atom is 0.140 e. The summed E-state index contributed by atoms with van der Waals surface area (Å²) in [5.74, 6) is 0.723. The third-order valence-corrected chi connectivity index (χ3v) is 2.75. The fraction of sp³-hybridized carbons (Fsp3) is 0.538. The van der Waals surface area contributed by atoms with Gasteiger partial charge in [-0.05, 0) is 25.0 Å². The summed E-state index contributed by atoms with van der Waals surface area (Å²) in [6.07, 6.45) is 1.26. The van der Waals surface area contributed by atoms with Crippen molar-refractivity contribution in [3.05, 3.63) is 28.8 Å². The molecule has 0 spiro atoms. The highest BCUT2D eigenvalue weighted by atomic mass is 35.5. The Hall–Kier alpha value is -0.480. The van der Waals surface area contributed by atoms with E-state index in [0.29, 0.717) is 18.2 Å². The number of halogens is 2. The van der Waals surface area contributed by atoms with E-state index in [4.69, 9.17) is 16.3 Å². The zero-order valence-electron chi connectivity index (χ0n) is 10.8. The normalized spacial score (nSPS) is 11.8. The number of benzene rings is 1. The van der Waals surface area contributed by atoms with Gasteiger partial charge in [-0.15, -0.1) is 12.4 Å². The third-order valence-electron chi connectivity index (χ3n) is 2.45. The van der Waals surface area contributed by atoms with E-state index in [2.05, 4.69) is 5.32 Å². The van der Waals surface area contributed by atoms with Gasteiger partial charge in [-0.3, -0.25) is 5.32 Å². The van der Waals surface area contributed by atoms with E-state index in [1.54, 1.807) is 0 Å². The fourth-order valence-electron chi connectivity index (χ4n) is 1.55. The molecule has 0 saturated heterocycles. The summed E-state index contributed by atoms with van der Waals surface area (Å²) >= 11 is 6.03. The number of nitrogens with one attached hydrogen (secondary N) is 1. The molecule has 1 unspecified atom stereocenters. The van der Waals surface area contributed by atoms with Gasteiger partial charge in [0.05, 0.1) is 5.02 Å². The molecule has 0 heterocycles. The fourth-order valence-corrected chi connectivity index (χ4v) is 1.83. The van der Waals surface area contributed by atoms with Gasteiger partial charge in [0, 0.05) is 6.54 Å². The quantitative estimate of drug-likeness (QED) is 0.599. The highest BCUT2D eigenvalue weighted by molar-refractivity contribution is 6.32. The lowest BCUT2D eigenvalue weighted by Crippen LogP contribution is -2.32. The second-order valence-corrected chi connectivity index (χ2v) is 4.40. The molecule has 0 bridgehead atoms. The molecule has 0 amide bonds. The van der Waals surface area contributed by atoms with Gasteiger partial charge in [0.25, 0.3) is 0 Å². The van der Waals surface area contributed by atoms with Gasteiger partial charge in [-0.25, -0.2) is 0 Å². The second-order valence-electron chi connectivity index (χ2n) is 3.99. The standard InChI is InChI=1S/C13H20ClNO2.ClH/c1-3-5-12(16)15-8-9-17-13-10(2)6-4-7-11(13)14;/h4,6-7,12,15-16H,3,5,8-9H2,1-2H3;1H. The number of aryl methyl sites for hydroxylation is 1. The average Bonchev–Trinajstić information content (AvgIpc) is 2.28. The summed E-state index contributed by atoms with van der Waals surface area (Å²) < 4.78 is 5.59.